The lowest BCUT2D eigenvalue weighted by Crippen LogP contribution is -2.44. The van der Waals surface area contributed by atoms with E-state index in [1.165, 1.54) is 24.0 Å². The van der Waals surface area contributed by atoms with E-state index in [2.05, 4.69) is 50.4 Å². The number of hydrogen-bond donors (Lipinski definition) is 1. The van der Waals surface area contributed by atoms with Gasteiger partial charge in [0.2, 0.25) is 0 Å². The Morgan fingerprint density at radius 3 is 2.20 bits per heavy atom. The highest BCUT2D eigenvalue weighted by Crippen LogP contribution is 2.29. The SMILES string of the molecule is CC(C)CNC1(C)Cc2ccccc2C1. The average molecular weight is 203 g/mol. The molecule has 1 aromatic carbocycles. The average Bonchev–Trinajstić information content (AvgIpc) is 2.52. The summed E-state index contributed by atoms with van der Waals surface area (Å²) < 4.78 is 0. The van der Waals surface area contributed by atoms with Crippen molar-refractivity contribution in [1.29, 1.82) is 0 Å². The topological polar surface area (TPSA) is 12.0 Å². The molecule has 2 rings (SSSR count). The normalized spacial score (nSPS) is 18.1. The summed E-state index contributed by atoms with van der Waals surface area (Å²) in [6.45, 7) is 7.98. The zero-order valence-corrected chi connectivity index (χ0v) is 10.0. The van der Waals surface area contributed by atoms with Crippen LogP contribution >= 0.6 is 0 Å². The maximum atomic E-state index is 3.70. The fourth-order valence-corrected chi connectivity index (χ4v) is 2.38. The molecule has 0 amide bonds. The first-order valence-electron chi connectivity index (χ1n) is 5.91. The lowest BCUT2D eigenvalue weighted by atomic mass is 9.98. The van der Waals surface area contributed by atoms with Crippen LogP contribution in [0.25, 0.3) is 0 Å². The van der Waals surface area contributed by atoms with Crippen LogP contribution in [0.1, 0.15) is 31.9 Å². The number of benzene rings is 1. The molecule has 0 bridgehead atoms. The highest BCUT2D eigenvalue weighted by Gasteiger charge is 2.31. The van der Waals surface area contributed by atoms with Crippen LogP contribution in [0.4, 0.5) is 0 Å². The minimum atomic E-state index is 0.286. The van der Waals surface area contributed by atoms with Crippen molar-refractivity contribution in [2.45, 2.75) is 39.2 Å². The molecule has 1 N–H and O–H groups in total. The molecular weight excluding hydrogens is 182 g/mol. The number of nitrogens with one attached hydrogen (secondary N) is 1. The molecule has 0 aromatic heterocycles. The van der Waals surface area contributed by atoms with Crippen molar-refractivity contribution in [2.75, 3.05) is 6.54 Å². The van der Waals surface area contributed by atoms with Crippen molar-refractivity contribution >= 4 is 0 Å². The Hall–Kier alpha value is -0.820. The van der Waals surface area contributed by atoms with E-state index in [1.807, 2.05) is 0 Å². The zero-order valence-electron chi connectivity index (χ0n) is 10.0. The lowest BCUT2D eigenvalue weighted by molar-refractivity contribution is 0.350. The zero-order chi connectivity index (χ0) is 10.9. The van der Waals surface area contributed by atoms with Gasteiger partial charge in [0.25, 0.3) is 0 Å². The van der Waals surface area contributed by atoms with Crippen LogP contribution < -0.4 is 5.32 Å². The Kier molecular flexibility index (Phi) is 2.83. The molecule has 0 spiro atoms. The van der Waals surface area contributed by atoms with Crippen molar-refractivity contribution in [3.63, 3.8) is 0 Å². The summed E-state index contributed by atoms with van der Waals surface area (Å²) in [5, 5.41) is 3.70. The summed E-state index contributed by atoms with van der Waals surface area (Å²) in [4.78, 5) is 0. The van der Waals surface area contributed by atoms with E-state index in [0.29, 0.717) is 0 Å². The fraction of sp³-hybridized carbons (Fsp3) is 0.571. The van der Waals surface area contributed by atoms with Gasteiger partial charge >= 0.3 is 0 Å². The second-order valence-electron chi connectivity index (χ2n) is 5.46. The molecule has 1 aromatic rings. The Morgan fingerprint density at radius 2 is 1.73 bits per heavy atom. The molecule has 0 fully saturated rings. The van der Waals surface area contributed by atoms with Crippen molar-refractivity contribution in [3.05, 3.63) is 35.4 Å². The van der Waals surface area contributed by atoms with E-state index in [1.54, 1.807) is 0 Å². The van der Waals surface area contributed by atoms with Gasteiger partial charge in [0.05, 0.1) is 0 Å². The Labute approximate surface area is 92.9 Å². The number of hydrogen-bond acceptors (Lipinski definition) is 1. The molecule has 15 heavy (non-hydrogen) atoms. The minimum Gasteiger partial charge on any atom is -0.311 e. The molecule has 1 aliphatic rings. The highest BCUT2D eigenvalue weighted by molar-refractivity contribution is 5.35. The fourth-order valence-electron chi connectivity index (χ4n) is 2.38. The van der Waals surface area contributed by atoms with Crippen LogP contribution in [0.3, 0.4) is 0 Å². The quantitative estimate of drug-likeness (QED) is 0.796. The lowest BCUT2D eigenvalue weighted by Gasteiger charge is -2.26. The van der Waals surface area contributed by atoms with Crippen molar-refractivity contribution in [3.8, 4) is 0 Å². The van der Waals surface area contributed by atoms with Crippen LogP contribution in [-0.4, -0.2) is 12.1 Å². The van der Waals surface area contributed by atoms with Gasteiger partial charge in [-0.1, -0.05) is 38.1 Å². The molecular formula is C14H21N. The molecule has 1 heteroatoms. The molecule has 0 unspecified atom stereocenters. The molecule has 1 nitrogen and oxygen atoms in total. The van der Waals surface area contributed by atoms with E-state index in [4.69, 9.17) is 0 Å². The third kappa shape index (κ3) is 2.40. The second kappa shape index (κ2) is 3.97. The van der Waals surface area contributed by atoms with Crippen molar-refractivity contribution in [2.24, 2.45) is 5.92 Å². The van der Waals surface area contributed by atoms with Crippen LogP contribution in [0, 0.1) is 5.92 Å². The van der Waals surface area contributed by atoms with E-state index in [9.17, 15) is 0 Å². The van der Waals surface area contributed by atoms with Gasteiger partial charge in [-0.2, -0.15) is 0 Å². The summed E-state index contributed by atoms with van der Waals surface area (Å²) in [5.74, 6) is 0.727. The number of rotatable bonds is 3. The molecule has 0 saturated carbocycles. The van der Waals surface area contributed by atoms with E-state index in [0.717, 1.165) is 12.5 Å². The van der Waals surface area contributed by atoms with Gasteiger partial charge in [0.15, 0.2) is 0 Å². The molecule has 0 heterocycles. The first-order chi connectivity index (χ1) is 7.09. The van der Waals surface area contributed by atoms with Gasteiger partial charge in [-0.3, -0.25) is 0 Å². The minimum absolute atomic E-state index is 0.286. The van der Waals surface area contributed by atoms with Gasteiger partial charge in [-0.05, 0) is 43.4 Å². The van der Waals surface area contributed by atoms with Crippen LogP contribution in [0.15, 0.2) is 24.3 Å². The Balaban J connectivity index is 2.04. The molecule has 1 aliphatic carbocycles. The third-order valence-corrected chi connectivity index (χ3v) is 3.22. The van der Waals surface area contributed by atoms with Gasteiger partial charge in [-0.25, -0.2) is 0 Å². The summed E-state index contributed by atoms with van der Waals surface area (Å²) >= 11 is 0. The summed E-state index contributed by atoms with van der Waals surface area (Å²) in [5.41, 5.74) is 3.33. The summed E-state index contributed by atoms with van der Waals surface area (Å²) in [6, 6.07) is 8.81. The van der Waals surface area contributed by atoms with Gasteiger partial charge in [0.1, 0.15) is 0 Å². The molecule has 0 saturated heterocycles. The van der Waals surface area contributed by atoms with Gasteiger partial charge in [-0.15, -0.1) is 0 Å². The Morgan fingerprint density at radius 1 is 1.20 bits per heavy atom. The van der Waals surface area contributed by atoms with E-state index >= 15 is 0 Å². The van der Waals surface area contributed by atoms with Crippen LogP contribution in [0.5, 0.6) is 0 Å². The first kappa shape index (κ1) is 10.7. The maximum Gasteiger partial charge on any atom is 0.0234 e. The van der Waals surface area contributed by atoms with E-state index in [-0.39, 0.29) is 5.54 Å². The summed E-state index contributed by atoms with van der Waals surface area (Å²) in [6.07, 6.45) is 2.35. The smallest absolute Gasteiger partial charge is 0.0234 e. The van der Waals surface area contributed by atoms with Crippen LogP contribution in [0.2, 0.25) is 0 Å². The molecule has 82 valence electrons. The largest absolute Gasteiger partial charge is 0.311 e. The van der Waals surface area contributed by atoms with Crippen LogP contribution in [-0.2, 0) is 12.8 Å². The molecule has 0 radical (unpaired) electrons. The van der Waals surface area contributed by atoms with Gasteiger partial charge in [0, 0.05) is 5.54 Å². The number of fused-ring (bicyclic) bond motifs is 1. The Bertz CT molecular complexity index is 316. The third-order valence-electron chi connectivity index (χ3n) is 3.22. The molecule has 0 aliphatic heterocycles. The summed E-state index contributed by atoms with van der Waals surface area (Å²) in [7, 11) is 0. The predicted octanol–water partition coefficient (Wildman–Crippen LogP) is 2.79. The standard InChI is InChI=1S/C14H21N/c1-11(2)10-15-14(3)8-12-6-4-5-7-13(12)9-14/h4-7,11,15H,8-10H2,1-3H3. The second-order valence-corrected chi connectivity index (χ2v) is 5.46. The van der Waals surface area contributed by atoms with E-state index < -0.39 is 0 Å². The first-order valence-corrected chi connectivity index (χ1v) is 5.91. The van der Waals surface area contributed by atoms with Crippen molar-refractivity contribution in [1.82, 2.24) is 5.32 Å². The highest BCUT2D eigenvalue weighted by atomic mass is 15.0. The maximum absolute atomic E-state index is 3.70. The molecule has 0 atom stereocenters. The van der Waals surface area contributed by atoms with Gasteiger partial charge < -0.3 is 5.32 Å². The van der Waals surface area contributed by atoms with Crippen molar-refractivity contribution < 1.29 is 0 Å². The monoisotopic (exact) mass is 203 g/mol. The predicted molar refractivity (Wildman–Crippen MR) is 65.1 cm³/mol.